The van der Waals surface area contributed by atoms with Gasteiger partial charge in [0.15, 0.2) is 5.65 Å². The number of rotatable bonds is 9. The number of fused-ring (bicyclic) bond motifs is 3. The number of phenolic OH excluding ortho intramolecular Hbond substituents is 1. The first-order valence-electron chi connectivity index (χ1n) is 16.4. The van der Waals surface area contributed by atoms with Crippen molar-refractivity contribution < 1.29 is 22.3 Å². The van der Waals surface area contributed by atoms with E-state index in [0.717, 1.165) is 21.8 Å². The van der Waals surface area contributed by atoms with E-state index in [9.17, 15) is 27.6 Å². The zero-order chi connectivity index (χ0) is 35.4. The number of aromatic nitrogens is 5. The Bertz CT molecular complexity index is 2430. The summed E-state index contributed by atoms with van der Waals surface area (Å²) in [7, 11) is -4.19. The summed E-state index contributed by atoms with van der Waals surface area (Å²) in [5.41, 5.74) is 3.65. The first-order chi connectivity index (χ1) is 24.6. The van der Waals surface area contributed by atoms with Gasteiger partial charge in [-0.1, -0.05) is 17.7 Å². The Kier molecular flexibility index (Phi) is 8.04. The van der Waals surface area contributed by atoms with Gasteiger partial charge in [-0.05, 0) is 61.9 Å². The van der Waals surface area contributed by atoms with Crippen LogP contribution in [0.5, 0.6) is 5.75 Å². The van der Waals surface area contributed by atoms with Crippen LogP contribution in [0.1, 0.15) is 23.1 Å². The molecule has 3 aliphatic heterocycles. The normalized spacial score (nSPS) is 17.4. The summed E-state index contributed by atoms with van der Waals surface area (Å²) in [6.45, 7) is 3.13. The second kappa shape index (κ2) is 12.6. The molecular formula is C37H32F2N8O3S. The number of aromatic hydroxyl groups is 1. The van der Waals surface area contributed by atoms with E-state index in [0.29, 0.717) is 47.3 Å². The monoisotopic (exact) mass is 706 g/mol. The maximum Gasteiger partial charge on any atom is 0.269 e. The van der Waals surface area contributed by atoms with Crippen LogP contribution >= 0.6 is 0 Å². The Morgan fingerprint density at radius 2 is 1.76 bits per heavy atom. The van der Waals surface area contributed by atoms with Crippen LogP contribution in [0.4, 0.5) is 14.6 Å². The molecule has 0 aliphatic carbocycles. The number of hydrogen-bond donors (Lipinski definition) is 1. The molecule has 3 saturated heterocycles. The number of aryl methyl sites for hydroxylation is 2. The summed E-state index contributed by atoms with van der Waals surface area (Å²) >= 11 is 0. The van der Waals surface area contributed by atoms with Crippen LogP contribution in [0.2, 0.25) is 0 Å². The number of pyridine rings is 2. The topological polar surface area (TPSA) is 133 Å². The fourth-order valence-electron chi connectivity index (χ4n) is 7.22. The Labute approximate surface area is 292 Å². The first-order valence-corrected chi connectivity index (χ1v) is 17.9. The lowest BCUT2D eigenvalue weighted by Gasteiger charge is -2.56. The van der Waals surface area contributed by atoms with Gasteiger partial charge in [0.1, 0.15) is 30.1 Å². The molecule has 0 spiro atoms. The summed E-state index contributed by atoms with van der Waals surface area (Å²) in [5, 5.41) is 25.1. The van der Waals surface area contributed by atoms with Crippen molar-refractivity contribution in [2.45, 2.75) is 43.4 Å². The fraction of sp³-hybridized carbons (Fsp3) is 0.243. The van der Waals surface area contributed by atoms with E-state index < -0.39 is 16.7 Å². The lowest BCUT2D eigenvalue weighted by Crippen LogP contribution is -2.68. The summed E-state index contributed by atoms with van der Waals surface area (Å²) in [4.78, 5) is 13.8. The van der Waals surface area contributed by atoms with Gasteiger partial charge in [-0.2, -0.15) is 10.4 Å². The molecule has 9 rings (SSSR count). The number of piperazine rings is 1. The Balaban J connectivity index is 1.15. The third-order valence-electron chi connectivity index (χ3n) is 9.81. The number of alkyl halides is 1. The molecule has 6 aromatic rings. The highest BCUT2D eigenvalue weighted by atomic mass is 32.2. The molecule has 11 nitrogen and oxygen atoms in total. The molecule has 51 heavy (non-hydrogen) atoms. The molecule has 2 bridgehead atoms. The summed E-state index contributed by atoms with van der Waals surface area (Å²) in [6, 6.07) is 18.6. The highest BCUT2D eigenvalue weighted by Crippen LogP contribution is 2.40. The Morgan fingerprint density at radius 1 is 0.980 bits per heavy atom. The Hall–Kier alpha value is -5.65. The smallest absolute Gasteiger partial charge is 0.269 e. The number of hydrogen-bond acceptors (Lipinski definition) is 9. The highest BCUT2D eigenvalue weighted by Gasteiger charge is 2.45. The fourth-order valence-corrected chi connectivity index (χ4v) is 8.70. The second-order valence-corrected chi connectivity index (χ2v) is 14.8. The van der Waals surface area contributed by atoms with Crippen LogP contribution in [0.25, 0.3) is 33.4 Å². The largest absolute Gasteiger partial charge is 0.508 e. The molecule has 4 aromatic heterocycles. The summed E-state index contributed by atoms with van der Waals surface area (Å²) in [6.07, 6.45) is 7.12. The van der Waals surface area contributed by atoms with Gasteiger partial charge in [-0.3, -0.25) is 9.58 Å². The molecule has 0 saturated carbocycles. The maximum atomic E-state index is 14.3. The molecule has 2 aromatic carbocycles. The number of piperidine rings is 1. The molecule has 0 amide bonds. The molecular weight excluding hydrogens is 675 g/mol. The highest BCUT2D eigenvalue weighted by molar-refractivity contribution is 7.90. The van der Waals surface area contributed by atoms with Crippen LogP contribution in [-0.2, 0) is 23.1 Å². The van der Waals surface area contributed by atoms with Gasteiger partial charge in [0.2, 0.25) is 0 Å². The van der Waals surface area contributed by atoms with Crippen molar-refractivity contribution in [1.82, 2.24) is 28.6 Å². The SMILES string of the molecule is Cc1ccc(S(=O)(=O)n2c(-c3cnn(CCF)c3)cc3c(-c4ccc(N5CC6CC(C5)N6Cc5cc(F)ccc5O)nc4)c(C#N)cnc32)cc1. The first kappa shape index (κ1) is 32.5. The minimum atomic E-state index is -4.19. The van der Waals surface area contributed by atoms with E-state index in [4.69, 9.17) is 4.98 Å². The minimum absolute atomic E-state index is 0.0121. The number of halogens is 2. The van der Waals surface area contributed by atoms with Crippen molar-refractivity contribution in [2.24, 2.45) is 0 Å². The average molecular weight is 707 g/mol. The quantitative estimate of drug-likeness (QED) is 0.202. The van der Waals surface area contributed by atoms with E-state index in [1.54, 1.807) is 30.6 Å². The molecule has 7 heterocycles. The molecule has 1 N–H and O–H groups in total. The Morgan fingerprint density at radius 3 is 2.47 bits per heavy atom. The van der Waals surface area contributed by atoms with Gasteiger partial charge < -0.3 is 10.0 Å². The number of benzene rings is 2. The van der Waals surface area contributed by atoms with E-state index in [2.05, 4.69) is 26.0 Å². The molecule has 0 radical (unpaired) electrons. The van der Waals surface area contributed by atoms with Crippen molar-refractivity contribution in [1.29, 1.82) is 5.26 Å². The van der Waals surface area contributed by atoms with E-state index in [1.165, 1.54) is 47.4 Å². The third-order valence-corrected chi connectivity index (χ3v) is 11.5. The molecule has 14 heteroatoms. The van der Waals surface area contributed by atoms with Gasteiger partial charge in [0.05, 0.1) is 28.9 Å². The summed E-state index contributed by atoms with van der Waals surface area (Å²) in [5.74, 6) is 0.460. The van der Waals surface area contributed by atoms with Crippen LogP contribution in [-0.4, -0.2) is 74.0 Å². The van der Waals surface area contributed by atoms with Crippen molar-refractivity contribution in [2.75, 3.05) is 24.7 Å². The number of nitrogens with zero attached hydrogens (tertiary/aromatic N) is 8. The molecule has 3 aliphatic rings. The third kappa shape index (κ3) is 5.68. The zero-order valence-corrected chi connectivity index (χ0v) is 28.3. The maximum absolute atomic E-state index is 14.3. The van der Waals surface area contributed by atoms with Gasteiger partial charge in [0, 0.05) is 77.9 Å². The van der Waals surface area contributed by atoms with Crippen LogP contribution < -0.4 is 4.90 Å². The molecule has 2 unspecified atom stereocenters. The van der Waals surface area contributed by atoms with E-state index in [-0.39, 0.29) is 52.0 Å². The standard InChI is InChI=1S/C37H32F2N8O3S/c1-23-2-6-31(7-3-23)51(49,50)47-33(27-18-43-45(19-27)11-10-38)14-32-36(26(15-40)17-42-37(32)47)24-4-9-35(41-16-24)44-21-29-13-30(22-44)46(29)20-25-12-28(39)5-8-34(25)48/h2-9,12,14,16-19,29-30,48H,10-11,13,20-22H2,1H3. The second-order valence-electron chi connectivity index (χ2n) is 13.0. The average Bonchev–Trinajstić information content (AvgIpc) is 3.77. The van der Waals surface area contributed by atoms with Crippen molar-refractivity contribution in [3.05, 3.63) is 108 Å². The van der Waals surface area contributed by atoms with E-state index >= 15 is 0 Å². The zero-order valence-electron chi connectivity index (χ0n) is 27.5. The van der Waals surface area contributed by atoms with Crippen LogP contribution in [0, 0.1) is 24.1 Å². The predicted molar refractivity (Wildman–Crippen MR) is 187 cm³/mol. The molecule has 3 fully saturated rings. The number of nitriles is 1. The predicted octanol–water partition coefficient (Wildman–Crippen LogP) is 5.66. The molecule has 2 atom stereocenters. The lowest BCUT2D eigenvalue weighted by atomic mass is 9.86. The minimum Gasteiger partial charge on any atom is -0.508 e. The van der Waals surface area contributed by atoms with Crippen molar-refractivity contribution in [3.8, 4) is 34.2 Å². The molecule has 258 valence electrons. The van der Waals surface area contributed by atoms with Gasteiger partial charge in [0.25, 0.3) is 10.0 Å². The lowest BCUT2D eigenvalue weighted by molar-refractivity contribution is -0.00921. The van der Waals surface area contributed by atoms with Crippen LogP contribution in [0.3, 0.4) is 0 Å². The van der Waals surface area contributed by atoms with Crippen molar-refractivity contribution in [3.63, 3.8) is 0 Å². The van der Waals surface area contributed by atoms with Gasteiger partial charge in [-0.25, -0.2) is 31.1 Å². The van der Waals surface area contributed by atoms with Gasteiger partial charge in [-0.15, -0.1) is 0 Å². The van der Waals surface area contributed by atoms with Crippen molar-refractivity contribution >= 4 is 26.9 Å². The van der Waals surface area contributed by atoms with Gasteiger partial charge >= 0.3 is 0 Å². The van der Waals surface area contributed by atoms with Crippen LogP contribution in [0.15, 0.2) is 90.3 Å². The number of phenols is 1. The number of anilines is 1. The van der Waals surface area contributed by atoms with E-state index in [1.807, 2.05) is 19.1 Å². The summed E-state index contributed by atoms with van der Waals surface area (Å²) < 4.78 is 58.1.